The van der Waals surface area contributed by atoms with Crippen LogP contribution in [0.4, 0.5) is 0 Å². The van der Waals surface area contributed by atoms with Gasteiger partial charge in [-0.05, 0) is 73.1 Å². The van der Waals surface area contributed by atoms with E-state index in [0.717, 1.165) is 37.0 Å². The normalized spacial score (nSPS) is 17.5. The van der Waals surface area contributed by atoms with E-state index in [0.29, 0.717) is 11.3 Å². The van der Waals surface area contributed by atoms with Crippen LogP contribution in [0.5, 0.6) is 11.5 Å². The van der Waals surface area contributed by atoms with E-state index in [4.69, 9.17) is 9.47 Å². The molecule has 1 aliphatic rings. The lowest BCUT2D eigenvalue weighted by atomic mass is 9.78. The molecule has 0 atom stereocenters. The molecule has 0 N–H and O–H groups in total. The first-order valence-electron chi connectivity index (χ1n) is 15.2. The lowest BCUT2D eigenvalue weighted by Gasteiger charge is -2.28. The van der Waals surface area contributed by atoms with Crippen molar-refractivity contribution in [3.8, 4) is 11.5 Å². The van der Waals surface area contributed by atoms with Crippen LogP contribution in [0.2, 0.25) is 0 Å². The minimum absolute atomic E-state index is 0.328. The number of esters is 1. The molecule has 0 aromatic heterocycles. The van der Waals surface area contributed by atoms with Gasteiger partial charge in [0.1, 0.15) is 11.5 Å². The van der Waals surface area contributed by atoms with E-state index in [1.165, 1.54) is 95.5 Å². The molecular weight excluding hydrogens is 456 g/mol. The Morgan fingerprint density at radius 3 is 1.92 bits per heavy atom. The molecule has 2 aromatic rings. The molecule has 3 rings (SSSR count). The van der Waals surface area contributed by atoms with E-state index >= 15 is 0 Å². The minimum Gasteiger partial charge on any atom is -0.494 e. The van der Waals surface area contributed by atoms with Crippen LogP contribution in [-0.2, 0) is 6.42 Å². The summed E-state index contributed by atoms with van der Waals surface area (Å²) in [5, 5.41) is 0. The largest absolute Gasteiger partial charge is 0.494 e. The standard InChI is InChI=1S/C34H50O3/c1-3-5-7-8-9-11-27-36-32-25-21-31(22-26-32)34(35)37-33-23-19-30(20-24-33)18-17-29-15-13-28(14-16-29)12-10-6-4-2/h19-26,28-29H,3-18,27H2,1-2H3/t28-,29-. The van der Waals surface area contributed by atoms with Crippen LogP contribution >= 0.6 is 0 Å². The van der Waals surface area contributed by atoms with Gasteiger partial charge in [-0.2, -0.15) is 0 Å². The van der Waals surface area contributed by atoms with Crippen molar-refractivity contribution in [1.82, 2.24) is 0 Å². The number of rotatable bonds is 17. The first-order valence-corrected chi connectivity index (χ1v) is 15.2. The van der Waals surface area contributed by atoms with Gasteiger partial charge in [-0.25, -0.2) is 4.79 Å². The van der Waals surface area contributed by atoms with Crippen LogP contribution in [0.25, 0.3) is 0 Å². The molecule has 3 nitrogen and oxygen atoms in total. The van der Waals surface area contributed by atoms with Gasteiger partial charge in [-0.3, -0.25) is 0 Å². The molecule has 0 amide bonds. The second kappa shape index (κ2) is 17.3. The van der Waals surface area contributed by atoms with Crippen LogP contribution in [-0.4, -0.2) is 12.6 Å². The van der Waals surface area contributed by atoms with Crippen molar-refractivity contribution in [3.05, 3.63) is 59.7 Å². The van der Waals surface area contributed by atoms with E-state index in [1.807, 2.05) is 24.3 Å². The van der Waals surface area contributed by atoms with Gasteiger partial charge >= 0.3 is 5.97 Å². The molecule has 0 saturated heterocycles. The fraction of sp³-hybridized carbons (Fsp3) is 0.618. The quantitative estimate of drug-likeness (QED) is 0.122. The van der Waals surface area contributed by atoms with Crippen LogP contribution in [0.15, 0.2) is 48.5 Å². The van der Waals surface area contributed by atoms with Crippen molar-refractivity contribution in [3.63, 3.8) is 0 Å². The molecule has 1 fully saturated rings. The number of hydrogen-bond acceptors (Lipinski definition) is 3. The van der Waals surface area contributed by atoms with E-state index < -0.39 is 0 Å². The molecule has 204 valence electrons. The summed E-state index contributed by atoms with van der Waals surface area (Å²) in [6.07, 6.45) is 21.1. The minimum atomic E-state index is -0.328. The highest BCUT2D eigenvalue weighted by molar-refractivity contribution is 5.91. The number of unbranched alkanes of at least 4 members (excludes halogenated alkanes) is 7. The number of hydrogen-bond donors (Lipinski definition) is 0. The number of aryl methyl sites for hydroxylation is 1. The summed E-state index contributed by atoms with van der Waals surface area (Å²) in [7, 11) is 0. The zero-order chi connectivity index (χ0) is 26.1. The maximum absolute atomic E-state index is 12.6. The average molecular weight is 507 g/mol. The highest BCUT2D eigenvalue weighted by Gasteiger charge is 2.20. The zero-order valence-electron chi connectivity index (χ0n) is 23.5. The molecule has 0 heterocycles. The predicted molar refractivity (Wildman–Crippen MR) is 155 cm³/mol. The maximum Gasteiger partial charge on any atom is 0.343 e. The SMILES string of the molecule is CCCCCCCCOc1ccc(C(=O)Oc2ccc(CC[C@H]3CC[C@H](CCCCC)CC3)cc2)cc1. The molecule has 1 aliphatic carbocycles. The lowest BCUT2D eigenvalue weighted by Crippen LogP contribution is -2.15. The molecule has 0 bridgehead atoms. The predicted octanol–water partition coefficient (Wildman–Crippen LogP) is 9.96. The third-order valence-corrected chi connectivity index (χ3v) is 8.01. The van der Waals surface area contributed by atoms with Crippen molar-refractivity contribution in [2.24, 2.45) is 11.8 Å². The summed E-state index contributed by atoms with van der Waals surface area (Å²) >= 11 is 0. The van der Waals surface area contributed by atoms with Crippen molar-refractivity contribution >= 4 is 5.97 Å². The van der Waals surface area contributed by atoms with Crippen LogP contribution < -0.4 is 9.47 Å². The van der Waals surface area contributed by atoms with Gasteiger partial charge < -0.3 is 9.47 Å². The first kappa shape index (κ1) is 29.3. The van der Waals surface area contributed by atoms with Gasteiger partial charge in [-0.1, -0.05) is 109 Å². The molecule has 0 unspecified atom stereocenters. The van der Waals surface area contributed by atoms with Crippen LogP contribution in [0.3, 0.4) is 0 Å². The number of carbonyl (C=O) groups excluding carboxylic acids is 1. The van der Waals surface area contributed by atoms with Crippen molar-refractivity contribution in [2.45, 2.75) is 117 Å². The molecule has 0 spiro atoms. The van der Waals surface area contributed by atoms with E-state index in [2.05, 4.69) is 26.0 Å². The Balaban J connectivity index is 1.33. The lowest BCUT2D eigenvalue weighted by molar-refractivity contribution is 0.0734. The second-order valence-corrected chi connectivity index (χ2v) is 11.1. The summed E-state index contributed by atoms with van der Waals surface area (Å²) in [6, 6.07) is 15.4. The highest BCUT2D eigenvalue weighted by atomic mass is 16.5. The van der Waals surface area contributed by atoms with E-state index in [1.54, 1.807) is 12.1 Å². The monoisotopic (exact) mass is 506 g/mol. The fourth-order valence-corrected chi connectivity index (χ4v) is 5.51. The summed E-state index contributed by atoms with van der Waals surface area (Å²) in [5.74, 6) is 2.93. The van der Waals surface area contributed by atoms with Gasteiger partial charge in [0, 0.05) is 0 Å². The van der Waals surface area contributed by atoms with E-state index in [-0.39, 0.29) is 5.97 Å². The Morgan fingerprint density at radius 2 is 1.24 bits per heavy atom. The van der Waals surface area contributed by atoms with Crippen molar-refractivity contribution in [1.29, 1.82) is 0 Å². The van der Waals surface area contributed by atoms with Crippen molar-refractivity contribution in [2.75, 3.05) is 6.61 Å². The summed E-state index contributed by atoms with van der Waals surface area (Å²) in [4.78, 5) is 12.6. The smallest absolute Gasteiger partial charge is 0.343 e. The van der Waals surface area contributed by atoms with E-state index in [9.17, 15) is 4.79 Å². The van der Waals surface area contributed by atoms with Gasteiger partial charge in [0.05, 0.1) is 12.2 Å². The van der Waals surface area contributed by atoms with Gasteiger partial charge in [0.2, 0.25) is 0 Å². The molecule has 2 aromatic carbocycles. The zero-order valence-corrected chi connectivity index (χ0v) is 23.5. The molecular formula is C34H50O3. The molecule has 3 heteroatoms. The molecule has 37 heavy (non-hydrogen) atoms. The van der Waals surface area contributed by atoms with Gasteiger partial charge in [0.25, 0.3) is 0 Å². The van der Waals surface area contributed by atoms with Crippen LogP contribution in [0, 0.1) is 11.8 Å². The van der Waals surface area contributed by atoms with Crippen molar-refractivity contribution < 1.29 is 14.3 Å². The molecule has 1 saturated carbocycles. The summed E-state index contributed by atoms with van der Waals surface area (Å²) in [5.41, 5.74) is 1.87. The first-order chi connectivity index (χ1) is 18.2. The average Bonchev–Trinajstić information content (AvgIpc) is 2.93. The Kier molecular flexibility index (Phi) is 13.7. The third-order valence-electron chi connectivity index (χ3n) is 8.01. The van der Waals surface area contributed by atoms with Gasteiger partial charge in [0.15, 0.2) is 0 Å². The van der Waals surface area contributed by atoms with Gasteiger partial charge in [-0.15, -0.1) is 0 Å². The number of carbonyl (C=O) groups is 1. The number of ether oxygens (including phenoxy) is 2. The molecule has 0 radical (unpaired) electrons. The third kappa shape index (κ3) is 11.3. The topological polar surface area (TPSA) is 35.5 Å². The molecule has 0 aliphatic heterocycles. The fourth-order valence-electron chi connectivity index (χ4n) is 5.51. The Labute approximate surface area is 226 Å². The maximum atomic E-state index is 12.6. The summed E-state index contributed by atoms with van der Waals surface area (Å²) in [6.45, 7) is 5.25. The number of benzene rings is 2. The Bertz CT molecular complexity index is 863. The highest BCUT2D eigenvalue weighted by Crippen LogP contribution is 2.34. The van der Waals surface area contributed by atoms with Crippen LogP contribution in [0.1, 0.15) is 126 Å². The summed E-state index contributed by atoms with van der Waals surface area (Å²) < 4.78 is 11.4. The Morgan fingerprint density at radius 1 is 0.676 bits per heavy atom. The second-order valence-electron chi connectivity index (χ2n) is 11.1. The Hall–Kier alpha value is -2.29.